The van der Waals surface area contributed by atoms with Gasteiger partial charge in [-0.05, 0) is 37.5 Å². The van der Waals surface area contributed by atoms with Crippen molar-refractivity contribution >= 4 is 11.9 Å². The van der Waals surface area contributed by atoms with E-state index in [2.05, 4.69) is 18.3 Å². The summed E-state index contributed by atoms with van der Waals surface area (Å²) in [5.74, 6) is 0.965. The molecule has 1 saturated heterocycles. The van der Waals surface area contributed by atoms with E-state index in [9.17, 15) is 9.59 Å². The third-order valence-corrected chi connectivity index (χ3v) is 4.51. The van der Waals surface area contributed by atoms with E-state index >= 15 is 0 Å². The Morgan fingerprint density at radius 3 is 2.25 bits per heavy atom. The number of rotatable bonds is 4. The van der Waals surface area contributed by atoms with Gasteiger partial charge in [0, 0.05) is 33.1 Å². The van der Waals surface area contributed by atoms with Crippen LogP contribution in [-0.2, 0) is 4.79 Å². The minimum absolute atomic E-state index is 0.0624. The summed E-state index contributed by atoms with van der Waals surface area (Å²) in [5, 5.41) is 2.88. The fraction of sp³-hybridized carbons (Fsp3) is 0.556. The van der Waals surface area contributed by atoms with Crippen molar-refractivity contribution in [3.8, 4) is 5.75 Å². The number of hydrogen-bond donors (Lipinski definition) is 1. The lowest BCUT2D eigenvalue weighted by Crippen LogP contribution is -2.53. The number of amides is 3. The molecule has 1 fully saturated rings. The van der Waals surface area contributed by atoms with E-state index in [4.69, 9.17) is 4.74 Å². The highest BCUT2D eigenvalue weighted by Crippen LogP contribution is 2.25. The number of urea groups is 1. The predicted molar refractivity (Wildman–Crippen MR) is 93.4 cm³/mol. The van der Waals surface area contributed by atoms with Gasteiger partial charge >= 0.3 is 6.03 Å². The van der Waals surface area contributed by atoms with Crippen LogP contribution in [0.15, 0.2) is 12.1 Å². The molecule has 0 aliphatic carbocycles. The van der Waals surface area contributed by atoms with Crippen LogP contribution in [0, 0.1) is 20.8 Å². The summed E-state index contributed by atoms with van der Waals surface area (Å²) in [6.45, 7) is 10.9. The van der Waals surface area contributed by atoms with Crippen molar-refractivity contribution in [3.05, 3.63) is 28.8 Å². The van der Waals surface area contributed by atoms with Crippen molar-refractivity contribution in [3.63, 3.8) is 0 Å². The summed E-state index contributed by atoms with van der Waals surface area (Å²) in [4.78, 5) is 26.9. The second-order valence-electron chi connectivity index (χ2n) is 6.23. The van der Waals surface area contributed by atoms with Gasteiger partial charge in [0.25, 0.3) is 0 Å². The Hall–Kier alpha value is -2.24. The second kappa shape index (κ2) is 8.04. The maximum Gasteiger partial charge on any atom is 0.317 e. The normalized spacial score (nSPS) is 14.5. The third kappa shape index (κ3) is 4.40. The number of piperazine rings is 1. The molecule has 1 heterocycles. The van der Waals surface area contributed by atoms with E-state index in [1.807, 2.05) is 19.9 Å². The van der Waals surface area contributed by atoms with Crippen molar-refractivity contribution in [1.82, 2.24) is 15.1 Å². The standard InChI is InChI=1S/C18H27N3O3/c1-13-5-6-14(2)17(15(13)3)24-12-7-19-18(23)21-10-8-20(9-11-21)16(4)22/h5-6H,7-12H2,1-4H3,(H,19,23). The summed E-state index contributed by atoms with van der Waals surface area (Å²) >= 11 is 0. The van der Waals surface area contributed by atoms with Crippen molar-refractivity contribution in [1.29, 1.82) is 0 Å². The van der Waals surface area contributed by atoms with Crippen LogP contribution in [0.5, 0.6) is 5.75 Å². The molecular weight excluding hydrogens is 306 g/mol. The van der Waals surface area contributed by atoms with Crippen molar-refractivity contribution < 1.29 is 14.3 Å². The maximum absolute atomic E-state index is 12.1. The van der Waals surface area contributed by atoms with Crippen LogP contribution in [0.2, 0.25) is 0 Å². The number of carbonyl (C=O) groups is 2. The third-order valence-electron chi connectivity index (χ3n) is 4.51. The number of carbonyl (C=O) groups excluding carboxylic acids is 2. The molecule has 0 atom stereocenters. The molecule has 2 rings (SSSR count). The molecule has 1 aliphatic heterocycles. The fourth-order valence-corrected chi connectivity index (χ4v) is 2.79. The average Bonchev–Trinajstić information content (AvgIpc) is 2.57. The lowest BCUT2D eigenvalue weighted by atomic mass is 10.1. The molecule has 0 bridgehead atoms. The average molecular weight is 333 g/mol. The van der Waals surface area contributed by atoms with Gasteiger partial charge in [0.15, 0.2) is 0 Å². The Kier molecular flexibility index (Phi) is 6.06. The number of nitrogens with zero attached hydrogens (tertiary/aromatic N) is 2. The van der Waals surface area contributed by atoms with Gasteiger partial charge in [-0.15, -0.1) is 0 Å². The SMILES string of the molecule is CC(=O)N1CCN(C(=O)NCCOc2c(C)ccc(C)c2C)CC1. The lowest BCUT2D eigenvalue weighted by Gasteiger charge is -2.34. The highest BCUT2D eigenvalue weighted by Gasteiger charge is 2.21. The molecule has 6 nitrogen and oxygen atoms in total. The van der Waals surface area contributed by atoms with Gasteiger partial charge < -0.3 is 19.9 Å². The zero-order valence-corrected chi connectivity index (χ0v) is 15.0. The molecule has 1 aliphatic rings. The summed E-state index contributed by atoms with van der Waals surface area (Å²) in [5.41, 5.74) is 3.44. The van der Waals surface area contributed by atoms with Crippen LogP contribution in [0.25, 0.3) is 0 Å². The number of hydrogen-bond acceptors (Lipinski definition) is 3. The first-order valence-electron chi connectivity index (χ1n) is 8.38. The molecule has 0 unspecified atom stereocenters. The molecule has 0 spiro atoms. The van der Waals surface area contributed by atoms with Crippen molar-refractivity contribution in [2.45, 2.75) is 27.7 Å². The van der Waals surface area contributed by atoms with Gasteiger partial charge in [-0.25, -0.2) is 4.79 Å². The molecular formula is C18H27N3O3. The first kappa shape index (κ1) is 18.1. The number of aryl methyl sites for hydroxylation is 2. The van der Waals surface area contributed by atoms with Crippen LogP contribution in [-0.4, -0.2) is 61.1 Å². The van der Waals surface area contributed by atoms with E-state index < -0.39 is 0 Å². The molecule has 1 aromatic rings. The van der Waals surface area contributed by atoms with E-state index in [1.54, 1.807) is 16.7 Å². The van der Waals surface area contributed by atoms with E-state index in [0.29, 0.717) is 39.3 Å². The zero-order chi connectivity index (χ0) is 17.7. The molecule has 3 amide bonds. The molecule has 0 radical (unpaired) electrons. The summed E-state index contributed by atoms with van der Waals surface area (Å²) in [6.07, 6.45) is 0. The zero-order valence-electron chi connectivity index (χ0n) is 15.0. The Bertz CT molecular complexity index is 608. The molecule has 132 valence electrons. The molecule has 1 N–H and O–H groups in total. The first-order valence-corrected chi connectivity index (χ1v) is 8.38. The van der Waals surface area contributed by atoms with Gasteiger partial charge in [-0.3, -0.25) is 4.79 Å². The molecule has 0 aromatic heterocycles. The monoisotopic (exact) mass is 333 g/mol. The van der Waals surface area contributed by atoms with Crippen LogP contribution >= 0.6 is 0 Å². The summed E-state index contributed by atoms with van der Waals surface area (Å²) in [6, 6.07) is 4.03. The smallest absolute Gasteiger partial charge is 0.317 e. The quantitative estimate of drug-likeness (QED) is 0.856. The Labute approximate surface area is 143 Å². The highest BCUT2D eigenvalue weighted by molar-refractivity contribution is 5.76. The minimum Gasteiger partial charge on any atom is -0.491 e. The van der Waals surface area contributed by atoms with Gasteiger partial charge in [-0.1, -0.05) is 12.1 Å². The lowest BCUT2D eigenvalue weighted by molar-refractivity contribution is -0.130. The minimum atomic E-state index is -0.0977. The first-order chi connectivity index (χ1) is 11.4. The van der Waals surface area contributed by atoms with Crippen molar-refractivity contribution in [2.24, 2.45) is 0 Å². The van der Waals surface area contributed by atoms with Gasteiger partial charge in [0.2, 0.25) is 5.91 Å². The number of nitrogens with one attached hydrogen (secondary N) is 1. The Balaban J connectivity index is 1.74. The van der Waals surface area contributed by atoms with Gasteiger partial charge in [0.05, 0.1) is 6.54 Å². The molecule has 6 heteroatoms. The summed E-state index contributed by atoms with van der Waals surface area (Å²) in [7, 11) is 0. The fourth-order valence-electron chi connectivity index (χ4n) is 2.79. The molecule has 0 saturated carbocycles. The van der Waals surface area contributed by atoms with Crippen LogP contribution in [0.1, 0.15) is 23.6 Å². The number of benzene rings is 1. The highest BCUT2D eigenvalue weighted by atomic mass is 16.5. The predicted octanol–water partition coefficient (Wildman–Crippen LogP) is 1.86. The van der Waals surface area contributed by atoms with Crippen LogP contribution in [0.3, 0.4) is 0 Å². The van der Waals surface area contributed by atoms with Crippen LogP contribution in [0.4, 0.5) is 4.79 Å². The van der Waals surface area contributed by atoms with Gasteiger partial charge in [0.1, 0.15) is 12.4 Å². The maximum atomic E-state index is 12.1. The van der Waals surface area contributed by atoms with E-state index in [0.717, 1.165) is 16.9 Å². The van der Waals surface area contributed by atoms with Crippen molar-refractivity contribution in [2.75, 3.05) is 39.3 Å². The second-order valence-corrected chi connectivity index (χ2v) is 6.23. The van der Waals surface area contributed by atoms with E-state index in [1.165, 1.54) is 5.56 Å². The molecule has 1 aromatic carbocycles. The number of ether oxygens (including phenoxy) is 1. The topological polar surface area (TPSA) is 61.9 Å². The Morgan fingerprint density at radius 1 is 1.04 bits per heavy atom. The van der Waals surface area contributed by atoms with Crippen LogP contribution < -0.4 is 10.1 Å². The summed E-state index contributed by atoms with van der Waals surface area (Å²) < 4.78 is 5.85. The van der Waals surface area contributed by atoms with Gasteiger partial charge in [-0.2, -0.15) is 0 Å². The Morgan fingerprint density at radius 2 is 1.62 bits per heavy atom. The van der Waals surface area contributed by atoms with E-state index in [-0.39, 0.29) is 11.9 Å². The molecule has 24 heavy (non-hydrogen) atoms. The largest absolute Gasteiger partial charge is 0.491 e.